The van der Waals surface area contributed by atoms with Gasteiger partial charge in [0.25, 0.3) is 0 Å². The van der Waals surface area contributed by atoms with E-state index in [4.69, 9.17) is 9.84 Å². The Bertz CT molecular complexity index is 679. The summed E-state index contributed by atoms with van der Waals surface area (Å²) >= 11 is 0. The Morgan fingerprint density at radius 2 is 2.05 bits per heavy atom. The average Bonchev–Trinajstić information content (AvgIpc) is 2.52. The highest BCUT2D eigenvalue weighted by molar-refractivity contribution is 5.84. The number of carboxylic acid groups (broad SMARTS) is 1. The molecular formula is C17H13NO3. The minimum Gasteiger partial charge on any atom is -0.479 e. The van der Waals surface area contributed by atoms with E-state index in [2.05, 4.69) is 16.8 Å². The molecule has 1 aromatic heterocycles. The molecule has 0 saturated heterocycles. The number of carboxylic acids is 1. The van der Waals surface area contributed by atoms with Gasteiger partial charge < -0.3 is 9.84 Å². The average molecular weight is 279 g/mol. The lowest BCUT2D eigenvalue weighted by Crippen LogP contribution is -1.95. The van der Waals surface area contributed by atoms with E-state index in [1.54, 1.807) is 12.1 Å². The molecule has 0 aliphatic carbocycles. The van der Waals surface area contributed by atoms with E-state index in [0.29, 0.717) is 11.4 Å². The monoisotopic (exact) mass is 279 g/mol. The lowest BCUT2D eigenvalue weighted by Gasteiger charge is -2.01. The summed E-state index contributed by atoms with van der Waals surface area (Å²) < 4.78 is 5.43. The van der Waals surface area contributed by atoms with Crippen molar-refractivity contribution in [2.24, 2.45) is 0 Å². The van der Waals surface area contributed by atoms with Gasteiger partial charge in [-0.25, -0.2) is 4.79 Å². The van der Waals surface area contributed by atoms with E-state index in [9.17, 15) is 4.79 Å². The minimum atomic E-state index is -1.01. The Labute approximate surface area is 122 Å². The maximum atomic E-state index is 10.4. The predicted octanol–water partition coefficient (Wildman–Crippen LogP) is 2.61. The Hall–Kier alpha value is -3.06. The zero-order valence-electron chi connectivity index (χ0n) is 11.2. The molecule has 21 heavy (non-hydrogen) atoms. The van der Waals surface area contributed by atoms with Crippen LogP contribution in [-0.2, 0) is 4.79 Å². The third kappa shape index (κ3) is 5.21. The molecule has 1 aromatic carbocycles. The van der Waals surface area contributed by atoms with Crippen LogP contribution in [0.2, 0.25) is 0 Å². The molecule has 1 heterocycles. The Kier molecular flexibility index (Phi) is 5.13. The number of benzene rings is 1. The van der Waals surface area contributed by atoms with Crippen LogP contribution in [0.3, 0.4) is 0 Å². The van der Waals surface area contributed by atoms with Crippen LogP contribution in [0.5, 0.6) is 5.75 Å². The first-order chi connectivity index (χ1) is 10.2. The standard InChI is InChI=1S/C17H13NO3/c19-17(20)11-9-15-8-10-16(13-18-15)21-12-4-7-14-5-2-1-3-6-14/h1-3,5-6,8-11,13H,12H2,(H,19,20). The van der Waals surface area contributed by atoms with Gasteiger partial charge in [-0.3, -0.25) is 4.98 Å². The minimum absolute atomic E-state index is 0.265. The summed E-state index contributed by atoms with van der Waals surface area (Å²) in [6.07, 6.45) is 3.99. The number of carbonyl (C=O) groups is 1. The number of hydrogen-bond acceptors (Lipinski definition) is 3. The molecule has 0 unspecified atom stereocenters. The molecule has 4 nitrogen and oxygen atoms in total. The van der Waals surface area contributed by atoms with Crippen molar-refractivity contribution < 1.29 is 14.6 Å². The van der Waals surface area contributed by atoms with Gasteiger partial charge in [0.2, 0.25) is 0 Å². The summed E-state index contributed by atoms with van der Waals surface area (Å²) in [6, 6.07) is 13.1. The number of hydrogen-bond donors (Lipinski definition) is 1. The largest absolute Gasteiger partial charge is 0.479 e. The molecule has 2 aromatic rings. The van der Waals surface area contributed by atoms with Crippen LogP contribution in [-0.4, -0.2) is 22.7 Å². The maximum absolute atomic E-state index is 10.4. The fourth-order valence-corrected chi connectivity index (χ4v) is 1.51. The van der Waals surface area contributed by atoms with Gasteiger partial charge in [-0.15, -0.1) is 0 Å². The highest BCUT2D eigenvalue weighted by Crippen LogP contribution is 2.09. The summed E-state index contributed by atoms with van der Waals surface area (Å²) in [7, 11) is 0. The van der Waals surface area contributed by atoms with Gasteiger partial charge in [0, 0.05) is 11.6 Å². The summed E-state index contributed by atoms with van der Waals surface area (Å²) in [5.74, 6) is 5.48. The molecule has 2 rings (SSSR count). The summed E-state index contributed by atoms with van der Waals surface area (Å²) in [5.41, 5.74) is 1.49. The molecule has 0 radical (unpaired) electrons. The number of pyridine rings is 1. The van der Waals surface area contributed by atoms with Crippen molar-refractivity contribution in [3.05, 3.63) is 66.0 Å². The van der Waals surface area contributed by atoms with Gasteiger partial charge in [0.1, 0.15) is 12.4 Å². The van der Waals surface area contributed by atoms with Crippen LogP contribution in [0, 0.1) is 11.8 Å². The van der Waals surface area contributed by atoms with Crippen molar-refractivity contribution in [2.45, 2.75) is 0 Å². The third-order valence-corrected chi connectivity index (χ3v) is 2.47. The molecule has 0 saturated carbocycles. The van der Waals surface area contributed by atoms with Crippen molar-refractivity contribution in [3.8, 4) is 17.6 Å². The second kappa shape index (κ2) is 7.51. The highest BCUT2D eigenvalue weighted by atomic mass is 16.5. The molecule has 0 aliphatic heterocycles. The first-order valence-electron chi connectivity index (χ1n) is 6.28. The van der Waals surface area contributed by atoms with Gasteiger partial charge in [-0.1, -0.05) is 30.0 Å². The number of aliphatic carboxylic acids is 1. The number of ether oxygens (including phenoxy) is 1. The zero-order chi connectivity index (χ0) is 14.9. The second-order valence-corrected chi connectivity index (χ2v) is 4.05. The van der Waals surface area contributed by atoms with Crippen LogP contribution >= 0.6 is 0 Å². The molecule has 0 amide bonds. The number of nitrogens with zero attached hydrogens (tertiary/aromatic N) is 1. The molecule has 0 bridgehead atoms. The predicted molar refractivity (Wildman–Crippen MR) is 79.7 cm³/mol. The summed E-state index contributed by atoms with van der Waals surface area (Å²) in [5, 5.41) is 8.51. The Morgan fingerprint density at radius 1 is 1.24 bits per heavy atom. The Morgan fingerprint density at radius 3 is 2.71 bits per heavy atom. The molecule has 0 atom stereocenters. The first kappa shape index (κ1) is 14.4. The van der Waals surface area contributed by atoms with Crippen molar-refractivity contribution in [2.75, 3.05) is 6.61 Å². The van der Waals surface area contributed by atoms with Crippen molar-refractivity contribution >= 4 is 12.0 Å². The van der Waals surface area contributed by atoms with E-state index in [-0.39, 0.29) is 6.61 Å². The first-order valence-corrected chi connectivity index (χ1v) is 6.28. The maximum Gasteiger partial charge on any atom is 0.328 e. The molecular weight excluding hydrogens is 266 g/mol. The van der Waals surface area contributed by atoms with Crippen LogP contribution in [0.25, 0.3) is 6.08 Å². The number of rotatable bonds is 4. The molecule has 0 fully saturated rings. The van der Waals surface area contributed by atoms with Crippen LogP contribution in [0.15, 0.2) is 54.7 Å². The van der Waals surface area contributed by atoms with Crippen LogP contribution < -0.4 is 4.74 Å². The molecule has 0 spiro atoms. The Balaban J connectivity index is 1.87. The molecule has 4 heteroatoms. The van der Waals surface area contributed by atoms with E-state index in [0.717, 1.165) is 11.6 Å². The van der Waals surface area contributed by atoms with Crippen molar-refractivity contribution in [1.82, 2.24) is 4.98 Å². The van der Waals surface area contributed by atoms with Gasteiger partial charge in [0.05, 0.1) is 11.9 Å². The van der Waals surface area contributed by atoms with E-state index in [1.807, 2.05) is 30.3 Å². The SMILES string of the molecule is O=C(O)C=Cc1ccc(OCC#Cc2ccccc2)cn1. The summed E-state index contributed by atoms with van der Waals surface area (Å²) in [6.45, 7) is 0.265. The highest BCUT2D eigenvalue weighted by Gasteiger charge is 1.94. The topological polar surface area (TPSA) is 59.4 Å². The smallest absolute Gasteiger partial charge is 0.328 e. The lowest BCUT2D eigenvalue weighted by molar-refractivity contribution is -0.131. The van der Waals surface area contributed by atoms with Gasteiger partial charge in [0.15, 0.2) is 0 Å². The van der Waals surface area contributed by atoms with Gasteiger partial charge >= 0.3 is 5.97 Å². The molecule has 1 N–H and O–H groups in total. The fourth-order valence-electron chi connectivity index (χ4n) is 1.51. The zero-order valence-corrected chi connectivity index (χ0v) is 11.2. The molecule has 0 aliphatic rings. The van der Waals surface area contributed by atoms with Crippen LogP contribution in [0.4, 0.5) is 0 Å². The van der Waals surface area contributed by atoms with Gasteiger partial charge in [-0.2, -0.15) is 0 Å². The van der Waals surface area contributed by atoms with Crippen molar-refractivity contribution in [1.29, 1.82) is 0 Å². The second-order valence-electron chi connectivity index (χ2n) is 4.05. The fraction of sp³-hybridized carbons (Fsp3) is 0.0588. The normalized spacial score (nSPS) is 9.90. The quantitative estimate of drug-likeness (QED) is 0.690. The van der Waals surface area contributed by atoms with Gasteiger partial charge in [-0.05, 0) is 30.3 Å². The van der Waals surface area contributed by atoms with Crippen LogP contribution in [0.1, 0.15) is 11.3 Å². The number of aromatic nitrogens is 1. The van der Waals surface area contributed by atoms with E-state index < -0.39 is 5.97 Å². The van der Waals surface area contributed by atoms with Crippen molar-refractivity contribution in [3.63, 3.8) is 0 Å². The van der Waals surface area contributed by atoms with E-state index >= 15 is 0 Å². The molecule has 104 valence electrons. The third-order valence-electron chi connectivity index (χ3n) is 2.47. The lowest BCUT2D eigenvalue weighted by atomic mass is 10.2. The van der Waals surface area contributed by atoms with E-state index in [1.165, 1.54) is 12.3 Å². The summed E-state index contributed by atoms with van der Waals surface area (Å²) in [4.78, 5) is 14.4.